The number of carbonyl (C=O) groups is 1. The summed E-state index contributed by atoms with van der Waals surface area (Å²) in [6, 6.07) is 11.9. The zero-order valence-corrected chi connectivity index (χ0v) is 13.5. The van der Waals surface area contributed by atoms with Crippen molar-refractivity contribution in [3.05, 3.63) is 70.7 Å². The number of benzene rings is 2. The van der Waals surface area contributed by atoms with Gasteiger partial charge in [-0.3, -0.25) is 4.79 Å². The lowest BCUT2D eigenvalue weighted by atomic mass is 10.1. The van der Waals surface area contributed by atoms with Crippen molar-refractivity contribution in [1.82, 2.24) is 9.88 Å². The number of fused-ring (bicyclic) bond motifs is 1. The van der Waals surface area contributed by atoms with Crippen LogP contribution in [0.25, 0.3) is 10.9 Å². The minimum absolute atomic E-state index is 0.155. The van der Waals surface area contributed by atoms with Crippen molar-refractivity contribution in [2.45, 2.75) is 20.4 Å². The number of aryl methyl sites for hydroxylation is 2. The van der Waals surface area contributed by atoms with Crippen LogP contribution in [0, 0.1) is 19.7 Å². The summed E-state index contributed by atoms with van der Waals surface area (Å²) in [5.74, 6) is -0.453. The Morgan fingerprint density at radius 1 is 1.17 bits per heavy atom. The Kier molecular flexibility index (Phi) is 3.90. The summed E-state index contributed by atoms with van der Waals surface area (Å²) in [7, 11) is 2.02. The molecule has 0 fully saturated rings. The number of aromatic nitrogens is 1. The van der Waals surface area contributed by atoms with Gasteiger partial charge in [-0.05, 0) is 55.3 Å². The van der Waals surface area contributed by atoms with Gasteiger partial charge in [-0.2, -0.15) is 0 Å². The Labute approximate surface area is 134 Å². The highest BCUT2D eigenvalue weighted by molar-refractivity contribution is 5.99. The maximum atomic E-state index is 13.2. The van der Waals surface area contributed by atoms with Crippen LogP contribution in [0.1, 0.15) is 27.2 Å². The summed E-state index contributed by atoms with van der Waals surface area (Å²) < 4.78 is 15.3. The number of nitrogens with zero attached hydrogens (tertiary/aromatic N) is 1. The predicted octanol–water partition coefficient (Wildman–Crippen LogP) is 3.86. The average Bonchev–Trinajstić information content (AvgIpc) is 2.77. The Morgan fingerprint density at radius 2 is 1.96 bits per heavy atom. The van der Waals surface area contributed by atoms with Crippen LogP contribution < -0.4 is 5.32 Å². The molecule has 1 N–H and O–H groups in total. The Balaban J connectivity index is 1.82. The van der Waals surface area contributed by atoms with Crippen molar-refractivity contribution >= 4 is 16.8 Å². The first-order valence-electron chi connectivity index (χ1n) is 7.55. The second-order valence-corrected chi connectivity index (χ2v) is 5.81. The third-order valence-corrected chi connectivity index (χ3v) is 4.41. The highest BCUT2D eigenvalue weighted by atomic mass is 19.1. The highest BCUT2D eigenvalue weighted by Gasteiger charge is 2.12. The Morgan fingerprint density at radius 3 is 2.70 bits per heavy atom. The van der Waals surface area contributed by atoms with E-state index in [0.29, 0.717) is 12.1 Å². The molecule has 3 rings (SSSR count). The van der Waals surface area contributed by atoms with E-state index >= 15 is 0 Å². The molecule has 1 amide bonds. The molecule has 3 nitrogen and oxygen atoms in total. The molecule has 0 saturated heterocycles. The predicted molar refractivity (Wildman–Crippen MR) is 90.0 cm³/mol. The van der Waals surface area contributed by atoms with Crippen LogP contribution in [0.2, 0.25) is 0 Å². The molecule has 0 aliphatic heterocycles. The lowest BCUT2D eigenvalue weighted by molar-refractivity contribution is 0.0951. The topological polar surface area (TPSA) is 34.0 Å². The summed E-state index contributed by atoms with van der Waals surface area (Å²) in [6.07, 6.45) is 0. The lowest BCUT2D eigenvalue weighted by Crippen LogP contribution is -2.22. The lowest BCUT2D eigenvalue weighted by Gasteiger charge is -2.06. The SMILES string of the molecule is Cc1c(C)n(C)c2ccc(C(=O)NCc3cccc(F)c3)cc12. The molecule has 4 heteroatoms. The Hall–Kier alpha value is -2.62. The van der Waals surface area contributed by atoms with Gasteiger partial charge < -0.3 is 9.88 Å². The molecule has 1 heterocycles. The summed E-state index contributed by atoms with van der Waals surface area (Å²) in [4.78, 5) is 12.3. The van der Waals surface area contributed by atoms with E-state index in [0.717, 1.165) is 16.5 Å². The van der Waals surface area contributed by atoms with Crippen LogP contribution >= 0.6 is 0 Å². The maximum absolute atomic E-state index is 13.2. The fourth-order valence-electron chi connectivity index (χ4n) is 2.83. The zero-order chi connectivity index (χ0) is 16.6. The normalized spacial score (nSPS) is 11.0. The summed E-state index contributed by atoms with van der Waals surface area (Å²) >= 11 is 0. The van der Waals surface area contributed by atoms with E-state index in [1.54, 1.807) is 12.1 Å². The van der Waals surface area contributed by atoms with Gasteiger partial charge in [0.15, 0.2) is 0 Å². The molecule has 118 valence electrons. The van der Waals surface area contributed by atoms with Crippen LogP contribution in [0.3, 0.4) is 0 Å². The van der Waals surface area contributed by atoms with E-state index in [-0.39, 0.29) is 11.7 Å². The number of rotatable bonds is 3. The van der Waals surface area contributed by atoms with Crippen LogP contribution in [-0.4, -0.2) is 10.5 Å². The number of halogens is 1. The fourth-order valence-corrected chi connectivity index (χ4v) is 2.83. The molecule has 1 aromatic heterocycles. The van der Waals surface area contributed by atoms with E-state index in [4.69, 9.17) is 0 Å². The second kappa shape index (κ2) is 5.88. The number of hydrogen-bond donors (Lipinski definition) is 1. The third kappa shape index (κ3) is 2.84. The summed E-state index contributed by atoms with van der Waals surface area (Å²) in [5, 5.41) is 3.92. The van der Waals surface area contributed by atoms with Gasteiger partial charge in [0.25, 0.3) is 5.91 Å². The highest BCUT2D eigenvalue weighted by Crippen LogP contribution is 2.25. The minimum atomic E-state index is -0.298. The van der Waals surface area contributed by atoms with Gasteiger partial charge in [0.2, 0.25) is 0 Å². The van der Waals surface area contributed by atoms with Gasteiger partial charge in [0, 0.05) is 35.8 Å². The maximum Gasteiger partial charge on any atom is 0.251 e. The summed E-state index contributed by atoms with van der Waals surface area (Å²) in [6.45, 7) is 4.44. The molecule has 0 aliphatic carbocycles. The van der Waals surface area contributed by atoms with Crippen LogP contribution in [0.15, 0.2) is 42.5 Å². The van der Waals surface area contributed by atoms with E-state index in [2.05, 4.69) is 23.7 Å². The molecule has 3 aromatic rings. The van der Waals surface area contributed by atoms with Gasteiger partial charge in [-0.25, -0.2) is 4.39 Å². The van der Waals surface area contributed by atoms with Gasteiger partial charge in [-0.1, -0.05) is 12.1 Å². The van der Waals surface area contributed by atoms with Gasteiger partial charge in [0.1, 0.15) is 5.82 Å². The van der Waals surface area contributed by atoms with Crippen molar-refractivity contribution in [2.75, 3.05) is 0 Å². The van der Waals surface area contributed by atoms with Gasteiger partial charge in [-0.15, -0.1) is 0 Å². The Bertz CT molecular complexity index is 896. The molecule has 0 unspecified atom stereocenters. The van der Waals surface area contributed by atoms with Crippen LogP contribution in [0.4, 0.5) is 4.39 Å². The largest absolute Gasteiger partial charge is 0.348 e. The number of amides is 1. The first-order chi connectivity index (χ1) is 11.0. The van der Waals surface area contributed by atoms with Crippen LogP contribution in [-0.2, 0) is 13.6 Å². The van der Waals surface area contributed by atoms with Crippen molar-refractivity contribution in [1.29, 1.82) is 0 Å². The first kappa shape index (κ1) is 15.3. The second-order valence-electron chi connectivity index (χ2n) is 5.81. The zero-order valence-electron chi connectivity index (χ0n) is 13.5. The molecular weight excluding hydrogens is 291 g/mol. The van der Waals surface area contributed by atoms with E-state index in [9.17, 15) is 9.18 Å². The number of hydrogen-bond acceptors (Lipinski definition) is 1. The van der Waals surface area contributed by atoms with Gasteiger partial charge >= 0.3 is 0 Å². The van der Waals surface area contributed by atoms with E-state index in [1.165, 1.54) is 23.4 Å². The molecule has 0 atom stereocenters. The quantitative estimate of drug-likeness (QED) is 0.783. The van der Waals surface area contributed by atoms with Gasteiger partial charge in [0.05, 0.1) is 0 Å². The first-order valence-corrected chi connectivity index (χ1v) is 7.55. The number of carbonyl (C=O) groups excluding carboxylic acids is 1. The molecule has 0 spiro atoms. The molecule has 2 aromatic carbocycles. The van der Waals surface area contributed by atoms with Crippen molar-refractivity contribution < 1.29 is 9.18 Å². The van der Waals surface area contributed by atoms with E-state index < -0.39 is 0 Å². The summed E-state index contributed by atoms with van der Waals surface area (Å²) in [5.41, 5.74) is 4.84. The third-order valence-electron chi connectivity index (χ3n) is 4.41. The minimum Gasteiger partial charge on any atom is -0.348 e. The standard InChI is InChI=1S/C19H19FN2O/c1-12-13(2)22(3)18-8-7-15(10-17(12)18)19(23)21-11-14-5-4-6-16(20)9-14/h4-10H,11H2,1-3H3,(H,21,23). The van der Waals surface area contributed by atoms with Crippen LogP contribution in [0.5, 0.6) is 0 Å². The average molecular weight is 310 g/mol. The molecular formula is C19H19FN2O. The van der Waals surface area contributed by atoms with Crippen molar-refractivity contribution in [3.63, 3.8) is 0 Å². The fraction of sp³-hybridized carbons (Fsp3) is 0.211. The molecule has 0 saturated carbocycles. The molecule has 0 aliphatic rings. The molecule has 0 radical (unpaired) electrons. The number of nitrogens with one attached hydrogen (secondary N) is 1. The van der Waals surface area contributed by atoms with Crippen molar-refractivity contribution in [2.24, 2.45) is 7.05 Å². The smallest absolute Gasteiger partial charge is 0.251 e. The molecule has 0 bridgehead atoms. The van der Waals surface area contributed by atoms with Crippen molar-refractivity contribution in [3.8, 4) is 0 Å². The molecule has 23 heavy (non-hydrogen) atoms. The van der Waals surface area contributed by atoms with E-state index in [1.807, 2.05) is 25.2 Å². The monoisotopic (exact) mass is 310 g/mol.